The number of hydrogen-bond donors (Lipinski definition) is 0. The maximum absolute atomic E-state index is 4.92. The molecule has 8 heavy (non-hydrogen) atoms. The van der Waals surface area contributed by atoms with Crippen molar-refractivity contribution in [2.24, 2.45) is 0 Å². The molecule has 0 saturated heterocycles. The largest absolute Gasteiger partial charge is 0.383 e. The lowest BCUT2D eigenvalue weighted by Gasteiger charge is -2.15. The molecule has 0 aromatic heterocycles. The molecule has 0 unspecified atom stereocenters. The molecule has 0 aromatic rings. The van der Waals surface area contributed by atoms with Gasteiger partial charge in [-0.3, -0.25) is 0 Å². The zero-order valence-electron chi connectivity index (χ0n) is 5.52. The van der Waals surface area contributed by atoms with Gasteiger partial charge in [-0.15, -0.1) is 0 Å². The van der Waals surface area contributed by atoms with Crippen LogP contribution in [-0.2, 0) is 4.74 Å². The molecule has 0 spiro atoms. The zero-order valence-corrected chi connectivity index (χ0v) is 7.68. The third-order valence-corrected chi connectivity index (χ3v) is 1.97. The highest BCUT2D eigenvalue weighted by atomic mass is 127. The second-order valence-electron chi connectivity index (χ2n) is 1.83. The third kappa shape index (κ3) is 3.63. The standard InChI is InChI=1S/C5H12INO/c1-5(4-8-3)7(2)6/h5H,4H2,1-3H3/t5-/m1/s1. The zero-order chi connectivity index (χ0) is 6.57. The first-order valence-corrected chi connectivity index (χ1v) is 3.52. The van der Waals surface area contributed by atoms with Crippen LogP contribution in [0.5, 0.6) is 0 Å². The number of nitrogens with zero attached hydrogens (tertiary/aromatic N) is 1. The highest BCUT2D eigenvalue weighted by Gasteiger charge is 2.02. The quantitative estimate of drug-likeness (QED) is 0.534. The van der Waals surface area contributed by atoms with E-state index in [9.17, 15) is 0 Å². The molecule has 2 nitrogen and oxygen atoms in total. The van der Waals surface area contributed by atoms with Gasteiger partial charge in [0.2, 0.25) is 0 Å². The molecule has 0 rings (SSSR count). The van der Waals surface area contributed by atoms with Crippen molar-refractivity contribution in [3.63, 3.8) is 0 Å². The van der Waals surface area contributed by atoms with Crippen molar-refractivity contribution in [2.75, 3.05) is 20.8 Å². The second-order valence-corrected chi connectivity index (χ2v) is 3.35. The van der Waals surface area contributed by atoms with Crippen molar-refractivity contribution in [2.45, 2.75) is 13.0 Å². The summed E-state index contributed by atoms with van der Waals surface area (Å²) in [5.74, 6) is 0. The molecule has 0 fully saturated rings. The van der Waals surface area contributed by atoms with Gasteiger partial charge in [0.15, 0.2) is 0 Å². The molecule has 0 aromatic carbocycles. The first-order valence-electron chi connectivity index (χ1n) is 2.56. The van der Waals surface area contributed by atoms with Gasteiger partial charge in [-0.1, -0.05) is 0 Å². The van der Waals surface area contributed by atoms with Gasteiger partial charge in [-0.25, -0.2) is 3.11 Å². The van der Waals surface area contributed by atoms with Gasteiger partial charge >= 0.3 is 0 Å². The van der Waals surface area contributed by atoms with Crippen LogP contribution in [0.4, 0.5) is 0 Å². The monoisotopic (exact) mass is 229 g/mol. The Morgan fingerprint density at radius 1 is 1.75 bits per heavy atom. The van der Waals surface area contributed by atoms with Gasteiger partial charge < -0.3 is 4.74 Å². The van der Waals surface area contributed by atoms with Gasteiger partial charge in [0, 0.05) is 36.0 Å². The lowest BCUT2D eigenvalue weighted by molar-refractivity contribution is 0.158. The lowest BCUT2D eigenvalue weighted by atomic mass is 10.4. The summed E-state index contributed by atoms with van der Waals surface area (Å²) in [6.07, 6.45) is 0. The van der Waals surface area contributed by atoms with Crippen LogP contribution in [0.2, 0.25) is 0 Å². The summed E-state index contributed by atoms with van der Waals surface area (Å²) in [4.78, 5) is 0. The fourth-order valence-electron chi connectivity index (χ4n) is 0.344. The summed E-state index contributed by atoms with van der Waals surface area (Å²) in [7, 11) is 3.75. The summed E-state index contributed by atoms with van der Waals surface area (Å²) in [5.41, 5.74) is 0. The van der Waals surface area contributed by atoms with Crippen LogP contribution >= 0.6 is 22.9 Å². The summed E-state index contributed by atoms with van der Waals surface area (Å²) < 4.78 is 7.02. The Balaban J connectivity index is 3.17. The molecule has 0 radical (unpaired) electrons. The molecule has 0 aliphatic carbocycles. The Kier molecular flexibility index (Phi) is 4.89. The predicted octanol–water partition coefficient (Wildman–Crippen LogP) is 1.30. The number of hydrogen-bond acceptors (Lipinski definition) is 2. The molecule has 3 heteroatoms. The van der Waals surface area contributed by atoms with Crippen LogP contribution in [0.25, 0.3) is 0 Å². The Hall–Kier alpha value is 0.650. The molecule has 0 heterocycles. The molecule has 0 aliphatic rings. The van der Waals surface area contributed by atoms with E-state index >= 15 is 0 Å². The van der Waals surface area contributed by atoms with Crippen molar-refractivity contribution in [3.8, 4) is 0 Å². The molecule has 0 N–H and O–H groups in total. The van der Waals surface area contributed by atoms with E-state index in [1.807, 2.05) is 7.05 Å². The van der Waals surface area contributed by atoms with Crippen molar-refractivity contribution in [1.82, 2.24) is 3.11 Å². The average Bonchev–Trinajstić information content (AvgIpc) is 1.67. The smallest absolute Gasteiger partial charge is 0.0623 e. The maximum Gasteiger partial charge on any atom is 0.0623 e. The van der Waals surface area contributed by atoms with Gasteiger partial charge in [-0.2, -0.15) is 0 Å². The van der Waals surface area contributed by atoms with E-state index in [2.05, 4.69) is 32.9 Å². The van der Waals surface area contributed by atoms with E-state index in [1.54, 1.807) is 7.11 Å². The highest BCUT2D eigenvalue weighted by molar-refractivity contribution is 14.1. The Morgan fingerprint density at radius 3 is 2.38 bits per heavy atom. The fourth-order valence-corrected chi connectivity index (χ4v) is 0.505. The van der Waals surface area contributed by atoms with E-state index in [0.717, 1.165) is 6.61 Å². The minimum Gasteiger partial charge on any atom is -0.383 e. The number of rotatable bonds is 3. The summed E-state index contributed by atoms with van der Waals surface area (Å²) in [6, 6.07) is 0.514. The fraction of sp³-hybridized carbons (Fsp3) is 1.00. The van der Waals surface area contributed by atoms with Gasteiger partial charge in [0.1, 0.15) is 0 Å². The minimum absolute atomic E-state index is 0.514. The van der Waals surface area contributed by atoms with Crippen molar-refractivity contribution >= 4 is 22.9 Å². The average molecular weight is 229 g/mol. The van der Waals surface area contributed by atoms with Crippen LogP contribution in [0.1, 0.15) is 6.92 Å². The molecule has 50 valence electrons. The summed E-state index contributed by atoms with van der Waals surface area (Å²) in [5, 5.41) is 0. The predicted molar refractivity (Wildman–Crippen MR) is 43.1 cm³/mol. The molecule has 0 aliphatic heterocycles. The summed E-state index contributed by atoms with van der Waals surface area (Å²) in [6.45, 7) is 2.93. The molecule has 1 atom stereocenters. The number of ether oxygens (including phenoxy) is 1. The topological polar surface area (TPSA) is 12.5 Å². The van der Waals surface area contributed by atoms with Gasteiger partial charge in [0.25, 0.3) is 0 Å². The van der Waals surface area contributed by atoms with Crippen molar-refractivity contribution in [1.29, 1.82) is 0 Å². The van der Waals surface area contributed by atoms with Crippen LogP contribution in [0, 0.1) is 0 Å². The van der Waals surface area contributed by atoms with Gasteiger partial charge in [-0.05, 0) is 14.0 Å². The van der Waals surface area contributed by atoms with Crippen LogP contribution in [0.15, 0.2) is 0 Å². The molecule has 0 bridgehead atoms. The van der Waals surface area contributed by atoms with Crippen molar-refractivity contribution < 1.29 is 4.74 Å². The van der Waals surface area contributed by atoms with E-state index in [4.69, 9.17) is 4.74 Å². The second kappa shape index (κ2) is 4.52. The Labute approximate surface area is 64.7 Å². The van der Waals surface area contributed by atoms with Crippen LogP contribution in [0.3, 0.4) is 0 Å². The normalized spacial score (nSPS) is 14.6. The number of methoxy groups -OCH3 is 1. The number of likely N-dealkylation sites (N-methyl/N-ethyl adjacent to an activating group) is 1. The van der Waals surface area contributed by atoms with Gasteiger partial charge in [0.05, 0.1) is 6.61 Å². The molecule has 0 saturated carbocycles. The first kappa shape index (κ1) is 8.65. The SMILES string of the molecule is COC[C@@H](C)N(C)I. The van der Waals surface area contributed by atoms with E-state index in [-0.39, 0.29) is 0 Å². The van der Waals surface area contributed by atoms with E-state index in [1.165, 1.54) is 0 Å². The maximum atomic E-state index is 4.92. The third-order valence-electron chi connectivity index (χ3n) is 1.02. The minimum atomic E-state index is 0.514. The summed E-state index contributed by atoms with van der Waals surface area (Å²) >= 11 is 2.25. The van der Waals surface area contributed by atoms with Crippen LogP contribution in [-0.4, -0.2) is 29.9 Å². The molecular weight excluding hydrogens is 217 g/mol. The van der Waals surface area contributed by atoms with E-state index in [0.29, 0.717) is 6.04 Å². The Bertz CT molecular complexity index is 58.4. The highest BCUT2D eigenvalue weighted by Crippen LogP contribution is 2.00. The first-order chi connectivity index (χ1) is 3.68. The number of halogens is 1. The molecule has 0 amide bonds. The van der Waals surface area contributed by atoms with Crippen molar-refractivity contribution in [3.05, 3.63) is 0 Å². The van der Waals surface area contributed by atoms with Crippen LogP contribution < -0.4 is 0 Å². The Morgan fingerprint density at radius 2 is 2.25 bits per heavy atom. The lowest BCUT2D eigenvalue weighted by Crippen LogP contribution is -2.23. The van der Waals surface area contributed by atoms with E-state index < -0.39 is 0 Å². The molecular formula is C5H12INO.